The number of hydrogen-bond donors (Lipinski definition) is 0. The van der Waals surface area contributed by atoms with Crippen LogP contribution < -0.4 is 10.5 Å². The fourth-order valence-corrected chi connectivity index (χ4v) is 3.83. The number of piperazine rings is 1. The summed E-state index contributed by atoms with van der Waals surface area (Å²) in [4.78, 5) is 33.6. The van der Waals surface area contributed by atoms with Crippen molar-refractivity contribution in [2.24, 2.45) is 11.8 Å². The van der Waals surface area contributed by atoms with Crippen LogP contribution in [0.4, 0.5) is 5.69 Å². The second-order valence-corrected chi connectivity index (χ2v) is 7.93. The van der Waals surface area contributed by atoms with Gasteiger partial charge >= 0.3 is 0 Å². The number of nitrogens with zero attached hydrogens (tertiary/aromatic N) is 4. The van der Waals surface area contributed by atoms with Gasteiger partial charge in [0.15, 0.2) is 0 Å². The molecule has 0 N–H and O–H groups in total. The number of anilines is 1. The highest BCUT2D eigenvalue weighted by Gasteiger charge is 2.34. The van der Waals surface area contributed by atoms with Gasteiger partial charge in [-0.15, -0.1) is 0 Å². The normalized spacial score (nSPS) is 20.6. The molecule has 6 heteroatoms. The van der Waals surface area contributed by atoms with Gasteiger partial charge in [-0.2, -0.15) is 0 Å². The second kappa shape index (κ2) is 6.11. The number of benzene rings is 1. The van der Waals surface area contributed by atoms with E-state index in [1.54, 1.807) is 10.9 Å². The zero-order valence-electron chi connectivity index (χ0n) is 14.9. The molecule has 6 nitrogen and oxygen atoms in total. The lowest BCUT2D eigenvalue weighted by atomic mass is 10.2. The lowest BCUT2D eigenvalue weighted by Gasteiger charge is -2.36. The number of fused-ring (bicyclic) bond motifs is 1. The van der Waals surface area contributed by atoms with Gasteiger partial charge in [-0.05, 0) is 49.8 Å². The maximum absolute atomic E-state index is 12.6. The molecule has 1 aromatic carbocycles. The molecule has 1 aromatic heterocycles. The summed E-state index contributed by atoms with van der Waals surface area (Å²) in [5, 5.41) is 0.694. The molecule has 0 spiro atoms. The van der Waals surface area contributed by atoms with E-state index in [1.165, 1.54) is 12.8 Å². The number of hydrogen-bond acceptors (Lipinski definition) is 4. The Bertz CT molecular complexity index is 906. The van der Waals surface area contributed by atoms with Gasteiger partial charge in [0.05, 0.1) is 17.2 Å². The van der Waals surface area contributed by atoms with E-state index in [4.69, 9.17) is 0 Å². The predicted octanol–water partition coefficient (Wildman–Crippen LogP) is 1.87. The third-order valence-corrected chi connectivity index (χ3v) is 5.84. The predicted molar refractivity (Wildman–Crippen MR) is 100 cm³/mol. The Hall–Kier alpha value is -2.37. The molecule has 2 aromatic rings. The van der Waals surface area contributed by atoms with E-state index >= 15 is 0 Å². The first-order chi connectivity index (χ1) is 12.7. The van der Waals surface area contributed by atoms with Gasteiger partial charge in [0, 0.05) is 44.3 Å². The monoisotopic (exact) mass is 352 g/mol. The molecular weight excluding hydrogens is 328 g/mol. The highest BCUT2D eigenvalue weighted by Crippen LogP contribution is 2.32. The van der Waals surface area contributed by atoms with Crippen LogP contribution in [-0.2, 0) is 11.3 Å². The third-order valence-electron chi connectivity index (χ3n) is 5.84. The molecule has 3 fully saturated rings. The summed E-state index contributed by atoms with van der Waals surface area (Å²) in [6.07, 6.45) is 6.26. The van der Waals surface area contributed by atoms with Gasteiger partial charge in [-0.3, -0.25) is 14.2 Å². The lowest BCUT2D eigenvalue weighted by Crippen LogP contribution is -2.49. The summed E-state index contributed by atoms with van der Waals surface area (Å²) in [6, 6.07) is 5.94. The first-order valence-corrected chi connectivity index (χ1v) is 9.72. The minimum absolute atomic E-state index is 0.0632. The topological polar surface area (TPSA) is 58.4 Å². The average Bonchev–Trinajstić information content (AvgIpc) is 3.57. The van der Waals surface area contributed by atoms with Crippen molar-refractivity contribution in [2.45, 2.75) is 32.2 Å². The van der Waals surface area contributed by atoms with E-state index < -0.39 is 0 Å². The van der Waals surface area contributed by atoms with Crippen molar-refractivity contribution in [3.8, 4) is 0 Å². The maximum atomic E-state index is 12.6. The van der Waals surface area contributed by atoms with Crippen molar-refractivity contribution in [2.75, 3.05) is 31.1 Å². The molecule has 3 aliphatic rings. The van der Waals surface area contributed by atoms with Gasteiger partial charge < -0.3 is 9.80 Å². The summed E-state index contributed by atoms with van der Waals surface area (Å²) in [6.45, 7) is 4.03. The number of aromatic nitrogens is 2. The van der Waals surface area contributed by atoms with Gasteiger partial charge in [-0.1, -0.05) is 0 Å². The van der Waals surface area contributed by atoms with E-state index in [0.717, 1.165) is 56.8 Å². The smallest absolute Gasteiger partial charge is 0.261 e. The van der Waals surface area contributed by atoms with Crippen LogP contribution >= 0.6 is 0 Å². The van der Waals surface area contributed by atoms with Crippen LogP contribution in [0, 0.1) is 11.8 Å². The Morgan fingerprint density at radius 3 is 2.54 bits per heavy atom. The molecule has 0 radical (unpaired) electrons. The molecule has 1 saturated heterocycles. The first kappa shape index (κ1) is 15.9. The second-order valence-electron chi connectivity index (χ2n) is 7.93. The fourth-order valence-electron chi connectivity index (χ4n) is 3.83. The Balaban J connectivity index is 1.33. The van der Waals surface area contributed by atoms with Crippen molar-refractivity contribution in [3.63, 3.8) is 0 Å². The van der Waals surface area contributed by atoms with Crippen LogP contribution in [0.1, 0.15) is 25.7 Å². The first-order valence-electron chi connectivity index (χ1n) is 9.72. The molecule has 0 atom stereocenters. The zero-order chi connectivity index (χ0) is 17.7. The summed E-state index contributed by atoms with van der Waals surface area (Å²) >= 11 is 0. The summed E-state index contributed by atoms with van der Waals surface area (Å²) in [5.41, 5.74) is 1.91. The number of rotatable bonds is 4. The summed E-state index contributed by atoms with van der Waals surface area (Å²) in [7, 11) is 0. The Morgan fingerprint density at radius 2 is 1.85 bits per heavy atom. The van der Waals surface area contributed by atoms with Crippen molar-refractivity contribution < 1.29 is 4.79 Å². The standard InChI is InChI=1S/C20H24N4O2/c25-19(15-3-4-15)23-9-7-22(8-10-23)16-5-6-17-18(11-16)21-13-24(20(17)26)12-14-1-2-14/h5-6,11,13-15H,1-4,7-10,12H2. The molecule has 0 bridgehead atoms. The highest BCUT2D eigenvalue weighted by atomic mass is 16.2. The molecule has 5 rings (SSSR count). The zero-order valence-corrected chi connectivity index (χ0v) is 14.9. The molecule has 136 valence electrons. The molecular formula is C20H24N4O2. The maximum Gasteiger partial charge on any atom is 0.261 e. The van der Waals surface area contributed by atoms with Crippen LogP contribution in [-0.4, -0.2) is 46.5 Å². The lowest BCUT2D eigenvalue weighted by molar-refractivity contribution is -0.132. The van der Waals surface area contributed by atoms with Crippen LogP contribution in [0.15, 0.2) is 29.3 Å². The van der Waals surface area contributed by atoms with Crippen molar-refractivity contribution >= 4 is 22.5 Å². The van der Waals surface area contributed by atoms with E-state index in [0.29, 0.717) is 23.1 Å². The van der Waals surface area contributed by atoms with Crippen LogP contribution in [0.5, 0.6) is 0 Å². The quantitative estimate of drug-likeness (QED) is 0.843. The molecule has 0 unspecified atom stereocenters. The number of carbonyl (C=O) groups excluding carboxylic acids is 1. The molecule has 1 amide bonds. The Labute approximate surface area is 152 Å². The molecule has 2 heterocycles. The minimum atomic E-state index is 0.0632. The van der Waals surface area contributed by atoms with Crippen LogP contribution in [0.25, 0.3) is 10.9 Å². The largest absolute Gasteiger partial charge is 0.368 e. The van der Waals surface area contributed by atoms with E-state index in [2.05, 4.69) is 9.88 Å². The number of amides is 1. The van der Waals surface area contributed by atoms with Crippen molar-refractivity contribution in [1.82, 2.24) is 14.5 Å². The Kier molecular flexibility index (Phi) is 3.72. The molecule has 2 aliphatic carbocycles. The highest BCUT2D eigenvalue weighted by molar-refractivity contribution is 5.82. The molecule has 2 saturated carbocycles. The van der Waals surface area contributed by atoms with E-state index in [-0.39, 0.29) is 5.56 Å². The van der Waals surface area contributed by atoms with Gasteiger partial charge in [0.25, 0.3) is 5.56 Å². The van der Waals surface area contributed by atoms with Crippen LogP contribution in [0.2, 0.25) is 0 Å². The van der Waals surface area contributed by atoms with Crippen molar-refractivity contribution in [3.05, 3.63) is 34.9 Å². The summed E-state index contributed by atoms with van der Waals surface area (Å²) < 4.78 is 1.75. The molecule has 1 aliphatic heterocycles. The van der Waals surface area contributed by atoms with E-state index in [1.807, 2.05) is 23.1 Å². The van der Waals surface area contributed by atoms with Crippen LogP contribution in [0.3, 0.4) is 0 Å². The van der Waals surface area contributed by atoms with Gasteiger partial charge in [0.1, 0.15) is 0 Å². The van der Waals surface area contributed by atoms with Gasteiger partial charge in [-0.25, -0.2) is 4.98 Å². The fraction of sp³-hybridized carbons (Fsp3) is 0.550. The number of carbonyl (C=O) groups is 1. The minimum Gasteiger partial charge on any atom is -0.368 e. The third kappa shape index (κ3) is 2.97. The van der Waals surface area contributed by atoms with E-state index in [9.17, 15) is 9.59 Å². The SMILES string of the molecule is O=C(C1CC1)N1CCN(c2ccc3c(=O)n(CC4CC4)cnc3c2)CC1. The summed E-state index contributed by atoms with van der Waals surface area (Å²) in [5.74, 6) is 1.28. The average molecular weight is 352 g/mol. The van der Waals surface area contributed by atoms with Gasteiger partial charge in [0.2, 0.25) is 5.91 Å². The molecule has 26 heavy (non-hydrogen) atoms. The Morgan fingerprint density at radius 1 is 1.08 bits per heavy atom. The van der Waals surface area contributed by atoms with Crippen molar-refractivity contribution in [1.29, 1.82) is 0 Å².